The second-order valence-electron chi connectivity index (χ2n) is 6.29. The number of hydrogen-bond donors (Lipinski definition) is 1. The average Bonchev–Trinajstić information content (AvgIpc) is 2.75. The molecular weight excluding hydrogens is 248 g/mol. The normalized spacial score (nSPS) is 33.0. The molecule has 0 aromatic heterocycles. The van der Waals surface area contributed by atoms with Crippen molar-refractivity contribution in [2.45, 2.75) is 26.8 Å². The topological polar surface area (TPSA) is 24.5 Å². The molecule has 1 aromatic rings. The standard InChI is InChI=1S/C17H26N2O/c1-4-20-16-7-5-6-15(8-16)19-11-14-9-18-10-17(19)13(3)12(14)2/h5-8,12-14,17-18H,4,9-11H2,1-3H3/t12?,13-,14+,17?/m0/s1. The first kappa shape index (κ1) is 13.7. The van der Waals surface area contributed by atoms with E-state index >= 15 is 0 Å². The second-order valence-corrected chi connectivity index (χ2v) is 6.29. The highest BCUT2D eigenvalue weighted by molar-refractivity contribution is 5.52. The van der Waals surface area contributed by atoms with Crippen LogP contribution >= 0.6 is 0 Å². The molecule has 1 aromatic carbocycles. The van der Waals surface area contributed by atoms with Crippen LogP contribution < -0.4 is 15.0 Å². The zero-order chi connectivity index (χ0) is 14.1. The molecule has 0 amide bonds. The summed E-state index contributed by atoms with van der Waals surface area (Å²) in [6.07, 6.45) is 0. The molecule has 2 bridgehead atoms. The monoisotopic (exact) mass is 274 g/mol. The van der Waals surface area contributed by atoms with Crippen molar-refractivity contribution in [1.82, 2.24) is 5.32 Å². The summed E-state index contributed by atoms with van der Waals surface area (Å²) in [6.45, 7) is 11.0. The summed E-state index contributed by atoms with van der Waals surface area (Å²) >= 11 is 0. The number of nitrogens with one attached hydrogen (secondary N) is 1. The molecule has 3 fully saturated rings. The molecule has 110 valence electrons. The van der Waals surface area contributed by atoms with E-state index < -0.39 is 0 Å². The minimum absolute atomic E-state index is 0.598. The molecule has 3 heteroatoms. The van der Waals surface area contributed by atoms with E-state index in [9.17, 15) is 0 Å². The number of benzene rings is 1. The van der Waals surface area contributed by atoms with Gasteiger partial charge < -0.3 is 15.0 Å². The molecule has 0 radical (unpaired) electrons. The fourth-order valence-corrected chi connectivity index (χ4v) is 3.80. The molecule has 3 heterocycles. The van der Waals surface area contributed by atoms with Crippen LogP contribution in [0.15, 0.2) is 24.3 Å². The van der Waals surface area contributed by atoms with Crippen LogP contribution in [0.1, 0.15) is 20.8 Å². The van der Waals surface area contributed by atoms with Crippen molar-refractivity contribution in [3.63, 3.8) is 0 Å². The SMILES string of the molecule is CCOc1cccc(N2C[C@H]3CNCC2[C@@H](C)C3C)c1. The van der Waals surface area contributed by atoms with Gasteiger partial charge in [-0.2, -0.15) is 0 Å². The summed E-state index contributed by atoms with van der Waals surface area (Å²) in [4.78, 5) is 2.60. The summed E-state index contributed by atoms with van der Waals surface area (Å²) in [7, 11) is 0. The predicted molar refractivity (Wildman–Crippen MR) is 83.4 cm³/mol. The van der Waals surface area contributed by atoms with Crippen LogP contribution in [0, 0.1) is 17.8 Å². The van der Waals surface area contributed by atoms with Crippen molar-refractivity contribution in [3.8, 4) is 5.75 Å². The molecule has 3 nitrogen and oxygen atoms in total. The maximum absolute atomic E-state index is 5.65. The van der Waals surface area contributed by atoms with Gasteiger partial charge in [-0.15, -0.1) is 0 Å². The molecule has 0 spiro atoms. The number of rotatable bonds is 3. The molecule has 3 saturated heterocycles. The molecule has 2 unspecified atom stereocenters. The van der Waals surface area contributed by atoms with Gasteiger partial charge in [-0.25, -0.2) is 0 Å². The van der Waals surface area contributed by atoms with Gasteiger partial charge in [-0.1, -0.05) is 19.9 Å². The Hall–Kier alpha value is -1.22. The van der Waals surface area contributed by atoms with Crippen LogP contribution in [-0.2, 0) is 0 Å². The Morgan fingerprint density at radius 3 is 2.90 bits per heavy atom. The molecule has 0 saturated carbocycles. The third-order valence-corrected chi connectivity index (χ3v) is 5.23. The third-order valence-electron chi connectivity index (χ3n) is 5.23. The van der Waals surface area contributed by atoms with Gasteiger partial charge in [0.15, 0.2) is 0 Å². The largest absolute Gasteiger partial charge is 0.494 e. The quantitative estimate of drug-likeness (QED) is 0.917. The first-order valence-electron chi connectivity index (χ1n) is 7.91. The number of nitrogens with zero attached hydrogens (tertiary/aromatic N) is 1. The molecule has 20 heavy (non-hydrogen) atoms. The van der Waals surface area contributed by atoms with Gasteiger partial charge in [0.1, 0.15) is 5.75 Å². The Morgan fingerprint density at radius 1 is 1.25 bits per heavy atom. The molecular formula is C17H26N2O. The molecule has 3 aliphatic rings. The van der Waals surface area contributed by atoms with Gasteiger partial charge in [0, 0.05) is 30.9 Å². The minimum atomic E-state index is 0.598. The molecule has 1 N–H and O–H groups in total. The van der Waals surface area contributed by atoms with Crippen LogP contribution in [0.4, 0.5) is 5.69 Å². The lowest BCUT2D eigenvalue weighted by Gasteiger charge is -2.45. The summed E-state index contributed by atoms with van der Waals surface area (Å²) in [5.41, 5.74) is 1.31. The van der Waals surface area contributed by atoms with Crippen molar-refractivity contribution in [1.29, 1.82) is 0 Å². The van der Waals surface area contributed by atoms with Crippen LogP contribution in [-0.4, -0.2) is 32.3 Å². The van der Waals surface area contributed by atoms with Crippen molar-refractivity contribution in [2.75, 3.05) is 31.1 Å². The Morgan fingerprint density at radius 2 is 2.10 bits per heavy atom. The zero-order valence-electron chi connectivity index (χ0n) is 12.8. The van der Waals surface area contributed by atoms with E-state index in [1.54, 1.807) is 0 Å². The highest BCUT2D eigenvalue weighted by Crippen LogP contribution is 2.37. The van der Waals surface area contributed by atoms with E-state index in [0.717, 1.165) is 43.2 Å². The Labute approximate surface area is 122 Å². The summed E-state index contributed by atoms with van der Waals surface area (Å²) in [6, 6.07) is 9.18. The number of ether oxygens (including phenoxy) is 1. The molecule has 4 atom stereocenters. The van der Waals surface area contributed by atoms with E-state index in [1.807, 2.05) is 13.0 Å². The average molecular weight is 274 g/mol. The summed E-state index contributed by atoms with van der Waals surface area (Å²) < 4.78 is 5.65. The smallest absolute Gasteiger partial charge is 0.121 e. The van der Waals surface area contributed by atoms with Gasteiger partial charge in [0.05, 0.1) is 6.61 Å². The fraction of sp³-hybridized carbons (Fsp3) is 0.647. The first-order valence-corrected chi connectivity index (χ1v) is 7.91. The predicted octanol–water partition coefficient (Wildman–Crippen LogP) is 2.77. The maximum Gasteiger partial charge on any atom is 0.121 e. The van der Waals surface area contributed by atoms with Crippen LogP contribution in [0.5, 0.6) is 5.75 Å². The second kappa shape index (κ2) is 5.65. The first-order chi connectivity index (χ1) is 9.70. The number of hydrogen-bond acceptors (Lipinski definition) is 3. The van der Waals surface area contributed by atoms with Crippen molar-refractivity contribution in [2.24, 2.45) is 17.8 Å². The minimum Gasteiger partial charge on any atom is -0.494 e. The third kappa shape index (κ3) is 2.39. The van der Waals surface area contributed by atoms with E-state index in [2.05, 4.69) is 42.3 Å². The van der Waals surface area contributed by atoms with Crippen molar-refractivity contribution in [3.05, 3.63) is 24.3 Å². The molecule has 3 aliphatic heterocycles. The zero-order valence-corrected chi connectivity index (χ0v) is 12.8. The Balaban J connectivity index is 1.88. The van der Waals surface area contributed by atoms with Gasteiger partial charge in [-0.05, 0) is 43.4 Å². The lowest BCUT2D eigenvalue weighted by atomic mass is 9.76. The lowest BCUT2D eigenvalue weighted by molar-refractivity contribution is 0.209. The summed E-state index contributed by atoms with van der Waals surface area (Å²) in [5.74, 6) is 3.28. The van der Waals surface area contributed by atoms with Crippen LogP contribution in [0.2, 0.25) is 0 Å². The fourth-order valence-electron chi connectivity index (χ4n) is 3.80. The van der Waals surface area contributed by atoms with Crippen LogP contribution in [0.25, 0.3) is 0 Å². The summed E-state index contributed by atoms with van der Waals surface area (Å²) in [5, 5.41) is 3.64. The Kier molecular flexibility index (Phi) is 3.88. The van der Waals surface area contributed by atoms with Gasteiger partial charge in [-0.3, -0.25) is 0 Å². The van der Waals surface area contributed by atoms with Gasteiger partial charge in [0.2, 0.25) is 0 Å². The van der Waals surface area contributed by atoms with Gasteiger partial charge in [0.25, 0.3) is 0 Å². The van der Waals surface area contributed by atoms with E-state index in [0.29, 0.717) is 6.04 Å². The molecule has 4 rings (SSSR count). The van der Waals surface area contributed by atoms with Crippen molar-refractivity contribution >= 4 is 5.69 Å². The molecule has 0 aliphatic carbocycles. The highest BCUT2D eigenvalue weighted by atomic mass is 16.5. The van der Waals surface area contributed by atoms with Crippen LogP contribution in [0.3, 0.4) is 0 Å². The number of fused-ring (bicyclic) bond motifs is 4. The lowest BCUT2D eigenvalue weighted by Crippen LogP contribution is -2.52. The van der Waals surface area contributed by atoms with E-state index in [4.69, 9.17) is 4.74 Å². The van der Waals surface area contributed by atoms with E-state index in [-0.39, 0.29) is 0 Å². The Bertz CT molecular complexity index is 460. The number of anilines is 1. The maximum atomic E-state index is 5.65. The van der Waals surface area contributed by atoms with Gasteiger partial charge >= 0.3 is 0 Å². The van der Waals surface area contributed by atoms with Crippen molar-refractivity contribution < 1.29 is 4.74 Å². The van der Waals surface area contributed by atoms with E-state index in [1.165, 1.54) is 12.2 Å². The highest BCUT2D eigenvalue weighted by Gasteiger charge is 2.41. The number of piperidine rings is 1.